The van der Waals surface area contributed by atoms with Crippen molar-refractivity contribution >= 4 is 23.4 Å². The van der Waals surface area contributed by atoms with Gasteiger partial charge < -0.3 is 4.29 Å². The second kappa shape index (κ2) is 3.93. The highest BCUT2D eigenvalue weighted by molar-refractivity contribution is 6.24. The molecule has 0 aliphatic heterocycles. The third kappa shape index (κ3) is 1.86. The molecular formula is C9H7ClO2. The minimum atomic E-state index is -0.622. The lowest BCUT2D eigenvalue weighted by molar-refractivity contribution is -0.127. The molecule has 0 unspecified atom stereocenters. The average molecular weight is 183 g/mol. The highest BCUT2D eigenvalue weighted by Crippen LogP contribution is 2.13. The van der Waals surface area contributed by atoms with Gasteiger partial charge in [0.1, 0.15) is 11.9 Å². The summed E-state index contributed by atoms with van der Waals surface area (Å²) >= 11 is 4.89. The number of carbonyl (C=O) groups is 1. The molecule has 0 aliphatic rings. The van der Waals surface area contributed by atoms with Crippen LogP contribution in [-0.4, -0.2) is 5.97 Å². The van der Waals surface area contributed by atoms with E-state index in [-0.39, 0.29) is 5.57 Å². The Kier molecular flexibility index (Phi) is 2.88. The number of benzene rings is 1. The van der Waals surface area contributed by atoms with Crippen molar-refractivity contribution in [1.82, 2.24) is 0 Å². The molecule has 62 valence electrons. The normalized spacial score (nSPS) is 9.08. The first-order valence-electron chi connectivity index (χ1n) is 3.33. The molecule has 0 fully saturated rings. The van der Waals surface area contributed by atoms with Gasteiger partial charge in [-0.2, -0.15) is 0 Å². The largest absolute Gasteiger partial charge is 0.356 e. The van der Waals surface area contributed by atoms with E-state index in [0.717, 1.165) is 0 Å². The Hall–Kier alpha value is -1.28. The molecule has 1 aromatic carbocycles. The minimum absolute atomic E-state index is 0.255. The van der Waals surface area contributed by atoms with Crippen molar-refractivity contribution in [3.05, 3.63) is 42.5 Å². The van der Waals surface area contributed by atoms with Crippen LogP contribution in [0.15, 0.2) is 36.9 Å². The molecule has 1 aromatic rings. The van der Waals surface area contributed by atoms with E-state index in [1.807, 2.05) is 18.2 Å². The smallest absolute Gasteiger partial charge is 0.343 e. The van der Waals surface area contributed by atoms with Gasteiger partial charge in [0.15, 0.2) is 0 Å². The number of hydrogen-bond donors (Lipinski definition) is 0. The summed E-state index contributed by atoms with van der Waals surface area (Å²) in [5.41, 5.74) is 0.966. The number of halogens is 1. The topological polar surface area (TPSA) is 26.3 Å². The molecule has 0 saturated carbocycles. The van der Waals surface area contributed by atoms with Crippen molar-refractivity contribution in [1.29, 1.82) is 0 Å². The summed E-state index contributed by atoms with van der Waals surface area (Å²) in [7, 11) is 0. The third-order valence-electron chi connectivity index (χ3n) is 1.44. The van der Waals surface area contributed by atoms with E-state index in [4.69, 9.17) is 11.9 Å². The fraction of sp³-hybridized carbons (Fsp3) is 0. The van der Waals surface area contributed by atoms with Crippen LogP contribution in [0.4, 0.5) is 0 Å². The summed E-state index contributed by atoms with van der Waals surface area (Å²) in [4.78, 5) is 10.9. The van der Waals surface area contributed by atoms with Gasteiger partial charge in [-0.05, 0) is 5.56 Å². The molecule has 0 spiro atoms. The maximum Gasteiger partial charge on any atom is 0.356 e. The lowest BCUT2D eigenvalue weighted by Crippen LogP contribution is -1.98. The lowest BCUT2D eigenvalue weighted by atomic mass is 10.1. The van der Waals surface area contributed by atoms with Gasteiger partial charge >= 0.3 is 5.97 Å². The zero-order chi connectivity index (χ0) is 8.97. The second-order valence-corrected chi connectivity index (χ2v) is 2.36. The average Bonchev–Trinajstić information content (AvgIpc) is 2.17. The van der Waals surface area contributed by atoms with Crippen molar-refractivity contribution in [3.63, 3.8) is 0 Å². The van der Waals surface area contributed by atoms with Crippen molar-refractivity contribution in [3.8, 4) is 0 Å². The Balaban J connectivity index is 2.86. The summed E-state index contributed by atoms with van der Waals surface area (Å²) in [5, 5.41) is 0. The van der Waals surface area contributed by atoms with Crippen LogP contribution in [0.5, 0.6) is 0 Å². The van der Waals surface area contributed by atoms with E-state index >= 15 is 0 Å². The van der Waals surface area contributed by atoms with E-state index in [9.17, 15) is 4.79 Å². The monoisotopic (exact) mass is 182 g/mol. The summed E-state index contributed by atoms with van der Waals surface area (Å²) < 4.78 is 4.00. The van der Waals surface area contributed by atoms with E-state index in [1.165, 1.54) is 0 Å². The maximum absolute atomic E-state index is 10.9. The molecule has 2 nitrogen and oxygen atoms in total. The molecule has 0 atom stereocenters. The van der Waals surface area contributed by atoms with Crippen molar-refractivity contribution in [2.75, 3.05) is 0 Å². The lowest BCUT2D eigenvalue weighted by Gasteiger charge is -1.99. The first-order valence-corrected chi connectivity index (χ1v) is 3.64. The highest BCUT2D eigenvalue weighted by atomic mass is 35.5. The van der Waals surface area contributed by atoms with Gasteiger partial charge in [-0.15, -0.1) is 0 Å². The summed E-state index contributed by atoms with van der Waals surface area (Å²) in [6, 6.07) is 8.99. The fourth-order valence-electron chi connectivity index (χ4n) is 0.804. The van der Waals surface area contributed by atoms with Crippen LogP contribution in [0.1, 0.15) is 5.56 Å². The SMILES string of the molecule is C=C(C(=O)OCl)c1ccccc1. The van der Waals surface area contributed by atoms with E-state index in [1.54, 1.807) is 12.1 Å². The molecule has 12 heavy (non-hydrogen) atoms. The predicted octanol–water partition coefficient (Wildman–Crippen LogP) is 2.40. The third-order valence-corrected chi connectivity index (χ3v) is 1.58. The summed E-state index contributed by atoms with van der Waals surface area (Å²) in [5.74, 6) is -0.622. The van der Waals surface area contributed by atoms with Gasteiger partial charge in [0.05, 0.1) is 5.57 Å². The molecule has 0 aromatic heterocycles. The van der Waals surface area contributed by atoms with Crippen LogP contribution in [0, 0.1) is 0 Å². The second-order valence-electron chi connectivity index (χ2n) is 2.21. The molecule has 0 bridgehead atoms. The van der Waals surface area contributed by atoms with Crippen LogP contribution < -0.4 is 0 Å². The number of carbonyl (C=O) groups excluding carboxylic acids is 1. The Morgan fingerprint density at radius 1 is 1.33 bits per heavy atom. The Bertz CT molecular complexity index is 293. The Morgan fingerprint density at radius 3 is 2.42 bits per heavy atom. The standard InChI is InChI=1S/C9H7ClO2/c1-7(9(11)12-10)8-5-3-2-4-6-8/h2-6H,1H2. The molecule has 3 heteroatoms. The number of rotatable bonds is 2. The predicted molar refractivity (Wildman–Crippen MR) is 47.4 cm³/mol. The first kappa shape index (κ1) is 8.81. The Morgan fingerprint density at radius 2 is 1.92 bits per heavy atom. The van der Waals surface area contributed by atoms with E-state index < -0.39 is 5.97 Å². The molecule has 0 saturated heterocycles. The van der Waals surface area contributed by atoms with Crippen LogP contribution in [-0.2, 0) is 9.08 Å². The van der Waals surface area contributed by atoms with Gasteiger partial charge in [0, 0.05) is 0 Å². The highest BCUT2D eigenvalue weighted by Gasteiger charge is 2.08. The van der Waals surface area contributed by atoms with Gasteiger partial charge in [-0.1, -0.05) is 36.9 Å². The molecule has 1 rings (SSSR count). The molecule has 0 aliphatic carbocycles. The van der Waals surface area contributed by atoms with E-state index in [2.05, 4.69) is 10.9 Å². The summed E-state index contributed by atoms with van der Waals surface area (Å²) in [6.45, 7) is 3.54. The fourth-order valence-corrected chi connectivity index (χ4v) is 0.897. The van der Waals surface area contributed by atoms with Crippen LogP contribution >= 0.6 is 11.9 Å². The van der Waals surface area contributed by atoms with Crippen molar-refractivity contribution < 1.29 is 9.08 Å². The molecule has 0 N–H and O–H groups in total. The van der Waals surface area contributed by atoms with Crippen LogP contribution in [0.2, 0.25) is 0 Å². The van der Waals surface area contributed by atoms with Gasteiger partial charge in [-0.3, -0.25) is 0 Å². The molecular weight excluding hydrogens is 176 g/mol. The summed E-state index contributed by atoms with van der Waals surface area (Å²) in [6.07, 6.45) is 0. The maximum atomic E-state index is 10.9. The molecule has 0 heterocycles. The zero-order valence-electron chi connectivity index (χ0n) is 6.29. The first-order chi connectivity index (χ1) is 5.75. The van der Waals surface area contributed by atoms with Crippen molar-refractivity contribution in [2.45, 2.75) is 0 Å². The van der Waals surface area contributed by atoms with Gasteiger partial charge in [-0.25, -0.2) is 4.79 Å². The van der Waals surface area contributed by atoms with Crippen molar-refractivity contribution in [2.24, 2.45) is 0 Å². The van der Waals surface area contributed by atoms with Gasteiger partial charge in [0.2, 0.25) is 0 Å². The van der Waals surface area contributed by atoms with Crippen LogP contribution in [0.25, 0.3) is 5.57 Å². The van der Waals surface area contributed by atoms with Gasteiger partial charge in [0.25, 0.3) is 0 Å². The number of hydrogen-bond acceptors (Lipinski definition) is 2. The molecule has 0 amide bonds. The molecule has 0 radical (unpaired) electrons. The minimum Gasteiger partial charge on any atom is -0.343 e. The Labute approximate surface area is 75.6 Å². The van der Waals surface area contributed by atoms with Crippen LogP contribution in [0.3, 0.4) is 0 Å². The quantitative estimate of drug-likeness (QED) is 0.657. The van der Waals surface area contributed by atoms with E-state index in [0.29, 0.717) is 5.56 Å². The zero-order valence-corrected chi connectivity index (χ0v) is 7.04.